The molecule has 0 spiro atoms. The zero-order valence-electron chi connectivity index (χ0n) is 9.52. The van der Waals surface area contributed by atoms with Gasteiger partial charge in [-0.2, -0.15) is 0 Å². The highest BCUT2D eigenvalue weighted by Gasteiger charge is 2.34. The molecule has 6 nitrogen and oxygen atoms in total. The zero-order chi connectivity index (χ0) is 13.0. The fraction of sp³-hybridized carbons (Fsp3) is 0.364. The highest BCUT2D eigenvalue weighted by Crippen LogP contribution is 2.45. The summed E-state index contributed by atoms with van der Waals surface area (Å²) in [7, 11) is -4.37. The van der Waals surface area contributed by atoms with Crippen LogP contribution in [0.4, 0.5) is 0 Å². The molecule has 0 radical (unpaired) electrons. The number of carbonyl (C=O) groups excluding carboxylic acids is 1. The summed E-state index contributed by atoms with van der Waals surface area (Å²) in [5, 5.41) is 0. The molecule has 1 aromatic carbocycles. The van der Waals surface area contributed by atoms with Crippen molar-refractivity contribution in [2.75, 3.05) is 0 Å². The Balaban J connectivity index is 1.76. The van der Waals surface area contributed by atoms with Gasteiger partial charge >= 0.3 is 13.8 Å². The van der Waals surface area contributed by atoms with Gasteiger partial charge in [-0.25, -0.2) is 9.36 Å². The average Bonchev–Trinajstić information content (AvgIpc) is 3.19. The quantitative estimate of drug-likeness (QED) is 0.485. The van der Waals surface area contributed by atoms with Crippen LogP contribution in [0.1, 0.15) is 18.4 Å². The summed E-state index contributed by atoms with van der Waals surface area (Å²) in [5.74, 6) is -0.841. The molecule has 0 amide bonds. The fourth-order valence-corrected chi connectivity index (χ4v) is 1.75. The number of rotatable bonds is 6. The van der Waals surface area contributed by atoms with Gasteiger partial charge in [0.1, 0.15) is 0 Å². The SMILES string of the molecule is O=C(OOP(=O)(O)OCc1ccccc1)C1CC1. The second-order valence-corrected chi connectivity index (χ2v) is 5.32. The van der Waals surface area contributed by atoms with E-state index in [0.717, 1.165) is 12.8 Å². The lowest BCUT2D eigenvalue weighted by Crippen LogP contribution is -2.07. The molecule has 0 aliphatic heterocycles. The molecule has 1 aliphatic rings. The Kier molecular flexibility index (Phi) is 4.14. The van der Waals surface area contributed by atoms with Crippen LogP contribution in [0.5, 0.6) is 0 Å². The van der Waals surface area contributed by atoms with Crippen molar-refractivity contribution in [1.82, 2.24) is 0 Å². The van der Waals surface area contributed by atoms with Gasteiger partial charge in [0.15, 0.2) is 0 Å². The summed E-state index contributed by atoms with van der Waals surface area (Å²) in [6.07, 6.45) is 1.45. The number of phosphoric ester groups is 1. The Morgan fingerprint density at radius 2 is 2.00 bits per heavy atom. The van der Waals surface area contributed by atoms with Crippen LogP contribution < -0.4 is 0 Å². The molecule has 7 heteroatoms. The first-order valence-corrected chi connectivity index (χ1v) is 6.98. The van der Waals surface area contributed by atoms with Crippen molar-refractivity contribution in [1.29, 1.82) is 0 Å². The van der Waals surface area contributed by atoms with Gasteiger partial charge in [0.2, 0.25) is 0 Å². The van der Waals surface area contributed by atoms with Gasteiger partial charge in [-0.1, -0.05) is 35.0 Å². The van der Waals surface area contributed by atoms with E-state index in [0.29, 0.717) is 5.56 Å². The summed E-state index contributed by atoms with van der Waals surface area (Å²) in [6, 6.07) is 8.83. The molecule has 1 N–H and O–H groups in total. The summed E-state index contributed by atoms with van der Waals surface area (Å²) in [4.78, 5) is 24.6. The van der Waals surface area contributed by atoms with Crippen molar-refractivity contribution in [3.05, 3.63) is 35.9 Å². The molecule has 1 unspecified atom stereocenters. The minimum atomic E-state index is -4.37. The first-order valence-electron chi connectivity index (χ1n) is 5.48. The minimum Gasteiger partial charge on any atom is -0.300 e. The van der Waals surface area contributed by atoms with Gasteiger partial charge < -0.3 is 4.89 Å². The lowest BCUT2D eigenvalue weighted by Gasteiger charge is -2.10. The number of benzene rings is 1. The first-order chi connectivity index (χ1) is 8.57. The van der Waals surface area contributed by atoms with E-state index in [2.05, 4.69) is 14.1 Å². The molecule has 0 aromatic heterocycles. The number of carbonyl (C=O) groups is 1. The Hall–Kier alpha value is -1.20. The third-order valence-corrected chi connectivity index (χ3v) is 3.08. The van der Waals surface area contributed by atoms with Crippen molar-refractivity contribution < 1.29 is 28.3 Å². The summed E-state index contributed by atoms with van der Waals surface area (Å²) in [5.41, 5.74) is 0.712. The van der Waals surface area contributed by atoms with E-state index >= 15 is 0 Å². The lowest BCUT2D eigenvalue weighted by atomic mass is 10.2. The van der Waals surface area contributed by atoms with Crippen LogP contribution in [-0.4, -0.2) is 10.9 Å². The Morgan fingerprint density at radius 3 is 2.61 bits per heavy atom. The van der Waals surface area contributed by atoms with Crippen LogP contribution in [0.2, 0.25) is 0 Å². The van der Waals surface area contributed by atoms with Crippen LogP contribution in [-0.2, 0) is 30.1 Å². The largest absolute Gasteiger partial charge is 0.508 e. The van der Waals surface area contributed by atoms with Crippen molar-refractivity contribution in [3.8, 4) is 0 Å². The molecule has 1 aliphatic carbocycles. The molecule has 18 heavy (non-hydrogen) atoms. The molecule has 2 rings (SSSR count). The summed E-state index contributed by atoms with van der Waals surface area (Å²) in [6.45, 7) is -0.102. The van der Waals surface area contributed by atoms with Crippen molar-refractivity contribution in [3.63, 3.8) is 0 Å². The van der Waals surface area contributed by atoms with Gasteiger partial charge in [0.25, 0.3) is 0 Å². The summed E-state index contributed by atoms with van der Waals surface area (Å²) < 4.78 is 20.2. The third kappa shape index (κ3) is 4.23. The lowest BCUT2D eigenvalue weighted by molar-refractivity contribution is -0.225. The van der Waals surface area contributed by atoms with E-state index in [1.54, 1.807) is 24.3 Å². The molecule has 0 heterocycles. The highest BCUT2D eigenvalue weighted by molar-refractivity contribution is 7.47. The normalized spacial score (nSPS) is 18.1. The molecule has 1 atom stereocenters. The van der Waals surface area contributed by atoms with Crippen LogP contribution in [0.15, 0.2) is 30.3 Å². The standard InChI is InChI=1S/C11H13O6P/c12-11(10-6-7-10)16-17-18(13,14)15-8-9-4-2-1-3-5-9/h1-5,10H,6-8H2,(H,13,14). The molecule has 1 aromatic rings. The summed E-state index contributed by atoms with van der Waals surface area (Å²) >= 11 is 0. The second kappa shape index (κ2) is 5.63. The van der Waals surface area contributed by atoms with Gasteiger partial charge in [0, 0.05) is 0 Å². The van der Waals surface area contributed by atoms with E-state index in [4.69, 9.17) is 0 Å². The monoisotopic (exact) mass is 272 g/mol. The third-order valence-electron chi connectivity index (χ3n) is 2.36. The Morgan fingerprint density at radius 1 is 1.33 bits per heavy atom. The van der Waals surface area contributed by atoms with Crippen molar-refractivity contribution in [2.24, 2.45) is 5.92 Å². The number of hydrogen-bond donors (Lipinski definition) is 1. The molecule has 0 saturated heterocycles. The van der Waals surface area contributed by atoms with Gasteiger partial charge in [-0.05, 0) is 18.4 Å². The van der Waals surface area contributed by atoms with Gasteiger partial charge in [-0.3, -0.25) is 9.41 Å². The van der Waals surface area contributed by atoms with E-state index < -0.39 is 13.8 Å². The average molecular weight is 272 g/mol. The van der Waals surface area contributed by atoms with Crippen LogP contribution in [0.3, 0.4) is 0 Å². The van der Waals surface area contributed by atoms with Crippen LogP contribution in [0, 0.1) is 5.92 Å². The molecular weight excluding hydrogens is 259 g/mol. The minimum absolute atomic E-state index is 0.102. The molecule has 98 valence electrons. The predicted octanol–water partition coefficient (Wildman–Crippen LogP) is 2.19. The van der Waals surface area contributed by atoms with Crippen molar-refractivity contribution in [2.45, 2.75) is 19.4 Å². The van der Waals surface area contributed by atoms with E-state index in [9.17, 15) is 14.3 Å². The Labute approximate surface area is 104 Å². The van der Waals surface area contributed by atoms with E-state index in [-0.39, 0.29) is 12.5 Å². The van der Waals surface area contributed by atoms with E-state index in [1.165, 1.54) is 0 Å². The maximum atomic E-state index is 11.4. The maximum Gasteiger partial charge on any atom is 0.508 e. The van der Waals surface area contributed by atoms with Crippen molar-refractivity contribution >= 4 is 13.8 Å². The second-order valence-electron chi connectivity index (χ2n) is 3.98. The topological polar surface area (TPSA) is 82.1 Å². The fourth-order valence-electron chi connectivity index (χ4n) is 1.22. The molecule has 1 saturated carbocycles. The van der Waals surface area contributed by atoms with Crippen LogP contribution >= 0.6 is 7.82 Å². The van der Waals surface area contributed by atoms with Gasteiger partial charge in [0.05, 0.1) is 12.5 Å². The first kappa shape index (κ1) is 13.2. The van der Waals surface area contributed by atoms with Crippen LogP contribution in [0.25, 0.3) is 0 Å². The highest BCUT2D eigenvalue weighted by atomic mass is 31.2. The zero-order valence-corrected chi connectivity index (χ0v) is 10.4. The molecule has 0 bridgehead atoms. The number of phosphoric acid groups is 1. The smallest absolute Gasteiger partial charge is 0.300 e. The predicted molar refractivity (Wildman–Crippen MR) is 61.0 cm³/mol. The molecule has 1 fully saturated rings. The maximum absolute atomic E-state index is 11.4. The van der Waals surface area contributed by atoms with E-state index in [1.807, 2.05) is 6.07 Å². The Bertz CT molecular complexity index is 456. The van der Waals surface area contributed by atoms with Gasteiger partial charge in [-0.15, -0.1) is 0 Å². The molecular formula is C11H13O6P. The number of hydrogen-bond acceptors (Lipinski definition) is 5.